The Morgan fingerprint density at radius 1 is 0.870 bits per heavy atom. The molecule has 2 N–H and O–H groups in total. The second kappa shape index (κ2) is 8.42. The molecule has 1 atom stereocenters. The maximum absolute atomic E-state index is 13.1. The zero-order chi connectivity index (χ0) is 16.7. The minimum atomic E-state index is -3.42. The van der Waals surface area contributed by atoms with Crippen LogP contribution in [0.25, 0.3) is 0 Å². The van der Waals surface area contributed by atoms with Gasteiger partial charge in [0.05, 0.1) is 13.2 Å². The molecule has 2 aromatic rings. The molecule has 2 rings (SSSR count). The molecule has 0 heterocycles. The van der Waals surface area contributed by atoms with Crippen LogP contribution in [0, 0.1) is 5.92 Å². The standard InChI is InChI=1S/C18H24NO3P/c1-15(2)18(19)23(20,21-13-16-9-5-3-6-10-16)22-14-17-11-7-4-8-12-17/h3-12,15,18H,13-14,19H2,1-2H3/t18-/m0/s1. The molecule has 124 valence electrons. The van der Waals surface area contributed by atoms with Crippen molar-refractivity contribution in [3.8, 4) is 0 Å². The highest BCUT2D eigenvalue weighted by molar-refractivity contribution is 7.54. The van der Waals surface area contributed by atoms with Gasteiger partial charge in [0.1, 0.15) is 5.78 Å². The average Bonchev–Trinajstić information content (AvgIpc) is 2.59. The summed E-state index contributed by atoms with van der Waals surface area (Å²) in [5, 5.41) is 0. The van der Waals surface area contributed by atoms with Crippen LogP contribution < -0.4 is 5.73 Å². The molecule has 0 spiro atoms. The molecule has 0 radical (unpaired) electrons. The van der Waals surface area contributed by atoms with E-state index in [2.05, 4.69) is 0 Å². The van der Waals surface area contributed by atoms with Crippen molar-refractivity contribution >= 4 is 7.60 Å². The Bertz CT molecular complexity index is 584. The summed E-state index contributed by atoms with van der Waals surface area (Å²) in [7, 11) is -3.42. The van der Waals surface area contributed by atoms with Crippen LogP contribution >= 0.6 is 7.60 Å². The molecule has 0 amide bonds. The van der Waals surface area contributed by atoms with Gasteiger partial charge in [0, 0.05) is 0 Å². The van der Waals surface area contributed by atoms with E-state index in [4.69, 9.17) is 14.8 Å². The van der Waals surface area contributed by atoms with Gasteiger partial charge < -0.3 is 14.8 Å². The Kier molecular flexibility index (Phi) is 6.55. The van der Waals surface area contributed by atoms with Crippen molar-refractivity contribution < 1.29 is 13.6 Å². The Labute approximate surface area is 138 Å². The van der Waals surface area contributed by atoms with Crippen LogP contribution in [0.1, 0.15) is 25.0 Å². The van der Waals surface area contributed by atoms with Gasteiger partial charge in [-0.25, -0.2) is 0 Å². The van der Waals surface area contributed by atoms with Gasteiger partial charge in [-0.1, -0.05) is 74.5 Å². The lowest BCUT2D eigenvalue weighted by Gasteiger charge is -2.26. The van der Waals surface area contributed by atoms with Crippen molar-refractivity contribution in [2.24, 2.45) is 11.7 Å². The van der Waals surface area contributed by atoms with Crippen molar-refractivity contribution in [3.05, 3.63) is 71.8 Å². The molecule has 0 aliphatic rings. The number of nitrogens with two attached hydrogens (primary N) is 1. The summed E-state index contributed by atoms with van der Waals surface area (Å²) in [5.41, 5.74) is 7.98. The summed E-state index contributed by atoms with van der Waals surface area (Å²) < 4.78 is 24.5. The first kappa shape index (κ1) is 17.9. The van der Waals surface area contributed by atoms with Gasteiger partial charge in [0.15, 0.2) is 0 Å². The summed E-state index contributed by atoms with van der Waals surface area (Å²) in [4.78, 5) is 0. The zero-order valence-corrected chi connectivity index (χ0v) is 14.5. The van der Waals surface area contributed by atoms with E-state index >= 15 is 0 Å². The van der Waals surface area contributed by atoms with E-state index in [1.807, 2.05) is 74.5 Å². The van der Waals surface area contributed by atoms with Gasteiger partial charge in [-0.05, 0) is 17.0 Å². The zero-order valence-electron chi connectivity index (χ0n) is 13.6. The highest BCUT2D eigenvalue weighted by atomic mass is 31.2. The molecule has 0 aliphatic heterocycles. The Morgan fingerprint density at radius 2 is 1.26 bits per heavy atom. The third-order valence-corrected chi connectivity index (χ3v) is 5.86. The molecule has 5 heteroatoms. The van der Waals surface area contributed by atoms with Crippen LogP contribution in [0.5, 0.6) is 0 Å². The Hall–Kier alpha value is -1.45. The van der Waals surface area contributed by atoms with Gasteiger partial charge in [-0.15, -0.1) is 0 Å². The van der Waals surface area contributed by atoms with Crippen molar-refractivity contribution in [2.45, 2.75) is 32.8 Å². The second-order valence-electron chi connectivity index (χ2n) is 5.79. The second-order valence-corrected chi connectivity index (χ2v) is 7.98. The number of hydrogen-bond acceptors (Lipinski definition) is 4. The summed E-state index contributed by atoms with van der Waals surface area (Å²) in [5.74, 6) is -0.665. The fourth-order valence-electron chi connectivity index (χ4n) is 2.05. The largest absolute Gasteiger partial charge is 0.348 e. The quantitative estimate of drug-likeness (QED) is 0.720. The first-order chi connectivity index (χ1) is 11.0. The van der Waals surface area contributed by atoms with Crippen LogP contribution in [-0.4, -0.2) is 5.78 Å². The molecule has 4 nitrogen and oxygen atoms in total. The number of rotatable bonds is 8. The van der Waals surface area contributed by atoms with E-state index in [0.29, 0.717) is 0 Å². The summed E-state index contributed by atoms with van der Waals surface area (Å²) in [6.07, 6.45) is 0. The van der Waals surface area contributed by atoms with Gasteiger partial charge in [-0.3, -0.25) is 4.57 Å². The lowest BCUT2D eigenvalue weighted by molar-refractivity contribution is 0.179. The third kappa shape index (κ3) is 5.29. The minimum Gasteiger partial charge on any atom is -0.317 e. The molecule has 0 unspecified atom stereocenters. The van der Waals surface area contributed by atoms with Gasteiger partial charge in [0.25, 0.3) is 0 Å². The molecule has 23 heavy (non-hydrogen) atoms. The molecular weight excluding hydrogens is 309 g/mol. The van der Waals surface area contributed by atoms with Gasteiger partial charge in [0.2, 0.25) is 0 Å². The van der Waals surface area contributed by atoms with Gasteiger partial charge >= 0.3 is 7.60 Å². The highest BCUT2D eigenvalue weighted by Crippen LogP contribution is 2.54. The van der Waals surface area contributed by atoms with E-state index in [0.717, 1.165) is 11.1 Å². The monoisotopic (exact) mass is 333 g/mol. The van der Waals surface area contributed by atoms with E-state index in [-0.39, 0.29) is 19.1 Å². The topological polar surface area (TPSA) is 61.6 Å². The number of hydrogen-bond donors (Lipinski definition) is 1. The smallest absolute Gasteiger partial charge is 0.317 e. The van der Waals surface area contributed by atoms with Crippen LogP contribution in [0.15, 0.2) is 60.7 Å². The molecular formula is C18H24NO3P. The van der Waals surface area contributed by atoms with Crippen LogP contribution in [0.4, 0.5) is 0 Å². The van der Waals surface area contributed by atoms with Crippen LogP contribution in [0.3, 0.4) is 0 Å². The first-order valence-electron chi connectivity index (χ1n) is 7.73. The molecule has 0 aromatic heterocycles. The average molecular weight is 333 g/mol. The lowest BCUT2D eigenvalue weighted by Crippen LogP contribution is -2.28. The highest BCUT2D eigenvalue weighted by Gasteiger charge is 2.35. The van der Waals surface area contributed by atoms with E-state index < -0.39 is 13.4 Å². The van der Waals surface area contributed by atoms with Crippen molar-refractivity contribution in [3.63, 3.8) is 0 Å². The van der Waals surface area contributed by atoms with E-state index in [1.54, 1.807) is 0 Å². The molecule has 0 fully saturated rings. The minimum absolute atomic E-state index is 0.00706. The predicted molar refractivity (Wildman–Crippen MR) is 92.9 cm³/mol. The van der Waals surface area contributed by atoms with Crippen molar-refractivity contribution in [1.82, 2.24) is 0 Å². The first-order valence-corrected chi connectivity index (χ1v) is 9.34. The maximum Gasteiger partial charge on any atom is 0.348 e. The molecule has 0 aliphatic carbocycles. The predicted octanol–water partition coefficient (Wildman–Crippen LogP) is 4.55. The SMILES string of the molecule is CC(C)[C@@H](N)P(=O)(OCc1ccccc1)OCc1ccccc1. The normalized spacial score (nSPS) is 13.2. The van der Waals surface area contributed by atoms with Crippen molar-refractivity contribution in [2.75, 3.05) is 0 Å². The lowest BCUT2D eigenvalue weighted by atomic mass is 10.2. The fourth-order valence-corrected chi connectivity index (χ4v) is 3.86. The Balaban J connectivity index is 2.07. The summed E-state index contributed by atoms with van der Waals surface area (Å²) in [6, 6.07) is 19.2. The summed E-state index contributed by atoms with van der Waals surface area (Å²) >= 11 is 0. The fraction of sp³-hybridized carbons (Fsp3) is 0.333. The number of benzene rings is 2. The van der Waals surface area contributed by atoms with Gasteiger partial charge in [-0.2, -0.15) is 0 Å². The van der Waals surface area contributed by atoms with E-state index in [1.165, 1.54) is 0 Å². The maximum atomic E-state index is 13.1. The van der Waals surface area contributed by atoms with Crippen LogP contribution in [-0.2, 0) is 26.8 Å². The molecule has 2 aromatic carbocycles. The van der Waals surface area contributed by atoms with Crippen LogP contribution in [0.2, 0.25) is 0 Å². The molecule has 0 bridgehead atoms. The molecule has 0 saturated heterocycles. The summed E-state index contributed by atoms with van der Waals surface area (Å²) in [6.45, 7) is 4.25. The van der Waals surface area contributed by atoms with E-state index in [9.17, 15) is 4.57 Å². The van der Waals surface area contributed by atoms with Crippen molar-refractivity contribution in [1.29, 1.82) is 0 Å². The Morgan fingerprint density at radius 3 is 1.61 bits per heavy atom. The third-order valence-electron chi connectivity index (χ3n) is 3.56. The molecule has 0 saturated carbocycles.